The second-order valence-electron chi connectivity index (χ2n) is 7.89. The smallest absolute Gasteiger partial charge is 0.408 e. The van der Waals surface area contributed by atoms with Gasteiger partial charge in [-0.05, 0) is 44.9 Å². The predicted octanol–water partition coefficient (Wildman–Crippen LogP) is 3.58. The molecule has 1 aromatic carbocycles. The fourth-order valence-electron chi connectivity index (χ4n) is 3.23. The highest BCUT2D eigenvalue weighted by atomic mass is 16.6. The van der Waals surface area contributed by atoms with E-state index in [0.29, 0.717) is 36.8 Å². The Kier molecular flexibility index (Phi) is 5.72. The number of amides is 1. The van der Waals surface area contributed by atoms with Gasteiger partial charge in [0.25, 0.3) is 0 Å². The minimum atomic E-state index is -0.593. The van der Waals surface area contributed by atoms with E-state index in [-0.39, 0.29) is 6.04 Å². The lowest BCUT2D eigenvalue weighted by atomic mass is 9.97. The molecule has 29 heavy (non-hydrogen) atoms. The van der Waals surface area contributed by atoms with Crippen molar-refractivity contribution < 1.29 is 19.0 Å². The number of hydrogen-bond donors (Lipinski definition) is 2. The number of fused-ring (bicyclic) bond motifs is 1. The number of nitrogen functional groups attached to an aromatic ring is 1. The first-order valence-corrected chi connectivity index (χ1v) is 9.51. The number of aryl methyl sites for hydroxylation is 1. The first-order chi connectivity index (χ1) is 13.7. The first-order valence-electron chi connectivity index (χ1n) is 9.51. The summed E-state index contributed by atoms with van der Waals surface area (Å²) in [4.78, 5) is 12.4. The van der Waals surface area contributed by atoms with Crippen LogP contribution in [0, 0.1) is 0 Å². The molecule has 1 aliphatic rings. The number of aromatic nitrogens is 2. The summed E-state index contributed by atoms with van der Waals surface area (Å²) >= 11 is 0. The van der Waals surface area contributed by atoms with E-state index in [1.165, 1.54) is 0 Å². The maximum atomic E-state index is 12.4. The van der Waals surface area contributed by atoms with E-state index in [1.807, 2.05) is 40.0 Å². The van der Waals surface area contributed by atoms with Gasteiger partial charge >= 0.3 is 6.09 Å². The quantitative estimate of drug-likeness (QED) is 0.744. The lowest BCUT2D eigenvalue weighted by Gasteiger charge is -2.26. The number of alkyl carbamates (subject to hydrolysis) is 1. The number of rotatable bonds is 5. The van der Waals surface area contributed by atoms with Crippen molar-refractivity contribution in [1.29, 1.82) is 0 Å². The number of nitrogens with two attached hydrogens (primary N) is 1. The molecule has 0 aliphatic carbocycles. The molecule has 2 heterocycles. The van der Waals surface area contributed by atoms with E-state index in [0.717, 1.165) is 16.8 Å². The van der Waals surface area contributed by atoms with E-state index in [4.69, 9.17) is 19.9 Å². The van der Waals surface area contributed by atoms with Crippen LogP contribution in [0.5, 0.6) is 11.5 Å². The fourth-order valence-corrected chi connectivity index (χ4v) is 3.23. The normalized spacial score (nSPS) is 14.2. The van der Waals surface area contributed by atoms with E-state index in [1.54, 1.807) is 17.0 Å². The highest BCUT2D eigenvalue weighted by Gasteiger charge is 2.26. The van der Waals surface area contributed by atoms with Gasteiger partial charge < -0.3 is 25.3 Å². The molecule has 8 nitrogen and oxygen atoms in total. The molecule has 0 unspecified atom stereocenters. The van der Waals surface area contributed by atoms with Gasteiger partial charge in [-0.2, -0.15) is 5.10 Å². The van der Waals surface area contributed by atoms with Gasteiger partial charge in [0.1, 0.15) is 18.8 Å². The zero-order chi connectivity index (χ0) is 21.2. The highest BCUT2D eigenvalue weighted by molar-refractivity contribution is 5.80. The Morgan fingerprint density at radius 1 is 1.41 bits per heavy atom. The summed E-state index contributed by atoms with van der Waals surface area (Å²) in [7, 11) is 1.81. The van der Waals surface area contributed by atoms with Crippen molar-refractivity contribution in [1.82, 2.24) is 15.1 Å². The summed E-state index contributed by atoms with van der Waals surface area (Å²) in [5.74, 6) is 1.22. The molecule has 156 valence electrons. The zero-order valence-corrected chi connectivity index (χ0v) is 17.3. The second-order valence-corrected chi connectivity index (χ2v) is 7.89. The SMILES string of the molecule is C=CC[C@H](NC(=O)OC(C)(C)C)c1cc2c(c(-c3c(N)cnn3C)c1)OCCO2. The van der Waals surface area contributed by atoms with Crippen molar-refractivity contribution in [3.8, 4) is 22.8 Å². The van der Waals surface area contributed by atoms with E-state index >= 15 is 0 Å². The van der Waals surface area contributed by atoms with Crippen molar-refractivity contribution in [3.63, 3.8) is 0 Å². The third-order valence-electron chi connectivity index (χ3n) is 4.38. The highest BCUT2D eigenvalue weighted by Crippen LogP contribution is 2.44. The molecule has 2 aromatic rings. The minimum absolute atomic E-state index is 0.355. The molecule has 1 atom stereocenters. The van der Waals surface area contributed by atoms with Gasteiger partial charge in [0, 0.05) is 12.6 Å². The maximum Gasteiger partial charge on any atom is 0.408 e. The number of nitrogens with one attached hydrogen (secondary N) is 1. The van der Waals surface area contributed by atoms with Gasteiger partial charge in [0.2, 0.25) is 0 Å². The van der Waals surface area contributed by atoms with Crippen LogP contribution in [0.1, 0.15) is 38.8 Å². The molecule has 0 fully saturated rings. The Balaban J connectivity index is 2.04. The van der Waals surface area contributed by atoms with Gasteiger partial charge in [-0.15, -0.1) is 6.58 Å². The van der Waals surface area contributed by atoms with Crippen LogP contribution in [0.3, 0.4) is 0 Å². The Bertz CT molecular complexity index is 895. The number of carbonyl (C=O) groups excluding carboxylic acids is 1. The van der Waals surface area contributed by atoms with Gasteiger partial charge in [-0.25, -0.2) is 4.79 Å². The number of benzene rings is 1. The van der Waals surface area contributed by atoms with E-state index in [2.05, 4.69) is 17.0 Å². The lowest BCUT2D eigenvalue weighted by molar-refractivity contribution is 0.0504. The third kappa shape index (κ3) is 4.64. The Labute approximate surface area is 170 Å². The van der Waals surface area contributed by atoms with Crippen molar-refractivity contribution in [3.05, 3.63) is 36.5 Å². The lowest BCUT2D eigenvalue weighted by Crippen LogP contribution is -2.35. The molecule has 1 aromatic heterocycles. The monoisotopic (exact) mass is 400 g/mol. The van der Waals surface area contributed by atoms with Crippen molar-refractivity contribution >= 4 is 11.8 Å². The first kappa shape index (κ1) is 20.6. The zero-order valence-electron chi connectivity index (χ0n) is 17.3. The van der Waals surface area contributed by atoms with Crippen molar-refractivity contribution in [2.75, 3.05) is 18.9 Å². The molecule has 0 radical (unpaired) electrons. The number of ether oxygens (including phenoxy) is 3. The van der Waals surface area contributed by atoms with E-state index < -0.39 is 11.7 Å². The molecular formula is C21H28N4O4. The number of carbonyl (C=O) groups is 1. The Morgan fingerprint density at radius 2 is 2.14 bits per heavy atom. The summed E-state index contributed by atoms with van der Waals surface area (Å²) < 4.78 is 18.8. The Hall–Kier alpha value is -3.16. The largest absolute Gasteiger partial charge is 0.486 e. The topological polar surface area (TPSA) is 101 Å². The Morgan fingerprint density at radius 3 is 2.76 bits per heavy atom. The van der Waals surface area contributed by atoms with Crippen LogP contribution in [0.4, 0.5) is 10.5 Å². The summed E-state index contributed by atoms with van der Waals surface area (Å²) in [5.41, 5.74) is 8.41. The van der Waals surface area contributed by atoms with E-state index in [9.17, 15) is 4.79 Å². The molecule has 0 bridgehead atoms. The van der Waals surface area contributed by atoms with Crippen LogP contribution in [0.2, 0.25) is 0 Å². The van der Waals surface area contributed by atoms with Gasteiger partial charge in [0.05, 0.1) is 23.6 Å². The van der Waals surface area contributed by atoms with Crippen molar-refractivity contribution in [2.24, 2.45) is 7.05 Å². The average Bonchev–Trinajstić information content (AvgIpc) is 2.97. The van der Waals surface area contributed by atoms with Crippen LogP contribution in [-0.4, -0.2) is 34.7 Å². The number of anilines is 1. The molecular weight excluding hydrogens is 372 g/mol. The minimum Gasteiger partial charge on any atom is -0.486 e. The summed E-state index contributed by atoms with van der Waals surface area (Å²) in [6, 6.07) is 3.45. The molecule has 3 rings (SSSR count). The standard InChI is InChI=1S/C21H28N4O4/c1-6-7-16(24-20(26)29-21(2,3)4)13-10-14(18-15(22)12-23-25(18)5)19-17(11-13)27-8-9-28-19/h6,10-12,16H,1,7-9,22H2,2-5H3,(H,24,26)/t16-/m0/s1. The number of hydrogen-bond acceptors (Lipinski definition) is 6. The van der Waals surface area contributed by atoms with Crippen LogP contribution in [-0.2, 0) is 11.8 Å². The maximum absolute atomic E-state index is 12.4. The van der Waals surface area contributed by atoms with Crippen LogP contribution >= 0.6 is 0 Å². The van der Waals surface area contributed by atoms with Crippen LogP contribution in [0.25, 0.3) is 11.3 Å². The molecule has 3 N–H and O–H groups in total. The van der Waals surface area contributed by atoms with Gasteiger partial charge in [0.15, 0.2) is 11.5 Å². The number of nitrogens with zero attached hydrogens (tertiary/aromatic N) is 2. The molecule has 0 spiro atoms. The molecule has 1 amide bonds. The second kappa shape index (κ2) is 8.06. The summed E-state index contributed by atoms with van der Waals surface area (Å²) in [5, 5.41) is 7.15. The summed E-state index contributed by atoms with van der Waals surface area (Å²) in [6.07, 6.45) is 3.36. The predicted molar refractivity (Wildman–Crippen MR) is 111 cm³/mol. The summed E-state index contributed by atoms with van der Waals surface area (Å²) in [6.45, 7) is 10.2. The molecule has 1 aliphatic heterocycles. The average molecular weight is 400 g/mol. The van der Waals surface area contributed by atoms with Gasteiger partial charge in [-0.3, -0.25) is 4.68 Å². The van der Waals surface area contributed by atoms with Gasteiger partial charge in [-0.1, -0.05) is 6.08 Å². The fraction of sp³-hybridized carbons (Fsp3) is 0.429. The molecule has 0 saturated heterocycles. The molecule has 0 saturated carbocycles. The van der Waals surface area contributed by atoms with Crippen molar-refractivity contribution in [2.45, 2.75) is 38.8 Å². The van der Waals surface area contributed by atoms with Crippen LogP contribution in [0.15, 0.2) is 31.0 Å². The van der Waals surface area contributed by atoms with Crippen LogP contribution < -0.4 is 20.5 Å². The third-order valence-corrected chi connectivity index (χ3v) is 4.38. The molecule has 8 heteroatoms.